The molecular formula is C22H24N4O. The molecule has 0 radical (unpaired) electrons. The van der Waals surface area contributed by atoms with Crippen LogP contribution in [0, 0.1) is 12.8 Å². The van der Waals surface area contributed by atoms with Gasteiger partial charge in [0.05, 0.1) is 24.5 Å². The Balaban J connectivity index is 1.55. The molecule has 138 valence electrons. The van der Waals surface area contributed by atoms with Crippen molar-refractivity contribution in [3.8, 4) is 11.5 Å². The van der Waals surface area contributed by atoms with Crippen LogP contribution in [0.2, 0.25) is 0 Å². The van der Waals surface area contributed by atoms with E-state index < -0.39 is 0 Å². The van der Waals surface area contributed by atoms with E-state index in [1.807, 2.05) is 46.2 Å². The smallest absolute Gasteiger partial charge is 0.226 e. The lowest BCUT2D eigenvalue weighted by molar-refractivity contribution is -0.136. The number of rotatable bonds is 3. The molecule has 1 aliphatic heterocycles. The Kier molecular flexibility index (Phi) is 3.88. The zero-order valence-electron chi connectivity index (χ0n) is 15.6. The minimum Gasteiger partial charge on any atom is -0.332 e. The van der Waals surface area contributed by atoms with Crippen LogP contribution in [0.25, 0.3) is 11.5 Å². The van der Waals surface area contributed by atoms with Crippen molar-refractivity contribution in [3.63, 3.8) is 0 Å². The van der Waals surface area contributed by atoms with Crippen molar-refractivity contribution in [2.45, 2.75) is 45.7 Å². The number of hydrogen-bond donors (Lipinski definition) is 0. The Morgan fingerprint density at radius 3 is 2.52 bits per heavy atom. The molecule has 3 heterocycles. The molecular weight excluding hydrogens is 336 g/mol. The molecule has 27 heavy (non-hydrogen) atoms. The van der Waals surface area contributed by atoms with E-state index in [1.165, 1.54) is 24.0 Å². The number of hydrogen-bond acceptors (Lipinski definition) is 2. The highest BCUT2D eigenvalue weighted by molar-refractivity contribution is 5.80. The quantitative estimate of drug-likeness (QED) is 0.708. The molecule has 2 aliphatic rings. The van der Waals surface area contributed by atoms with E-state index in [0.717, 1.165) is 30.0 Å². The highest BCUT2D eigenvalue weighted by Gasteiger charge is 2.35. The van der Waals surface area contributed by atoms with Gasteiger partial charge in [-0.2, -0.15) is 5.10 Å². The van der Waals surface area contributed by atoms with Crippen LogP contribution in [0.3, 0.4) is 0 Å². The van der Waals surface area contributed by atoms with Gasteiger partial charge in [0.1, 0.15) is 5.82 Å². The van der Waals surface area contributed by atoms with E-state index in [1.54, 1.807) is 0 Å². The number of benzene rings is 1. The number of aromatic nitrogens is 3. The summed E-state index contributed by atoms with van der Waals surface area (Å²) in [5, 5.41) is 4.94. The fraction of sp³-hybridized carbons (Fsp3) is 0.364. The molecule has 5 rings (SSSR count). The summed E-state index contributed by atoms with van der Waals surface area (Å²) in [5.74, 6) is 1.57. The molecule has 1 aliphatic carbocycles. The molecule has 1 aromatic carbocycles. The summed E-state index contributed by atoms with van der Waals surface area (Å²) < 4.78 is 4.15. The van der Waals surface area contributed by atoms with E-state index in [2.05, 4.69) is 23.6 Å². The fourth-order valence-corrected chi connectivity index (χ4v) is 4.50. The maximum absolute atomic E-state index is 12.9. The molecule has 5 heteroatoms. The van der Waals surface area contributed by atoms with Crippen molar-refractivity contribution < 1.29 is 4.79 Å². The van der Waals surface area contributed by atoms with Crippen LogP contribution in [0.1, 0.15) is 42.5 Å². The lowest BCUT2D eigenvalue weighted by Crippen LogP contribution is -2.31. The maximum Gasteiger partial charge on any atom is 0.226 e. The van der Waals surface area contributed by atoms with Gasteiger partial charge in [0.15, 0.2) is 0 Å². The predicted octanol–water partition coefficient (Wildman–Crippen LogP) is 4.00. The molecule has 1 fully saturated rings. The van der Waals surface area contributed by atoms with Gasteiger partial charge in [-0.15, -0.1) is 0 Å². The summed E-state index contributed by atoms with van der Waals surface area (Å²) >= 11 is 0. The second kappa shape index (κ2) is 6.41. The SMILES string of the molecule is Cc1ccccc1-n1nc2c(c1-n1cccc1)CN(C(=O)C1CCCC1)C2. The minimum atomic E-state index is 0.215. The Morgan fingerprint density at radius 1 is 1.04 bits per heavy atom. The molecule has 5 nitrogen and oxygen atoms in total. The van der Waals surface area contributed by atoms with Crippen LogP contribution in [-0.2, 0) is 17.9 Å². The third kappa shape index (κ3) is 2.69. The summed E-state index contributed by atoms with van der Waals surface area (Å²) in [7, 11) is 0. The van der Waals surface area contributed by atoms with Crippen LogP contribution in [0.4, 0.5) is 0 Å². The van der Waals surface area contributed by atoms with Crippen LogP contribution in [-0.4, -0.2) is 25.2 Å². The molecule has 2 aromatic heterocycles. The first kappa shape index (κ1) is 16.4. The zero-order chi connectivity index (χ0) is 18.4. The van der Waals surface area contributed by atoms with Crippen molar-refractivity contribution in [3.05, 3.63) is 65.6 Å². The van der Waals surface area contributed by atoms with Gasteiger partial charge >= 0.3 is 0 Å². The lowest BCUT2D eigenvalue weighted by Gasteiger charge is -2.21. The molecule has 0 bridgehead atoms. The predicted molar refractivity (Wildman–Crippen MR) is 104 cm³/mol. The van der Waals surface area contributed by atoms with Crippen molar-refractivity contribution in [2.24, 2.45) is 5.92 Å². The van der Waals surface area contributed by atoms with Gasteiger partial charge in [-0.1, -0.05) is 31.0 Å². The Bertz CT molecular complexity index is 980. The molecule has 3 aromatic rings. The highest BCUT2D eigenvalue weighted by Crippen LogP contribution is 2.34. The van der Waals surface area contributed by atoms with Gasteiger partial charge in [0, 0.05) is 23.9 Å². The number of aryl methyl sites for hydroxylation is 1. The molecule has 0 saturated heterocycles. The number of para-hydroxylation sites is 1. The third-order valence-electron chi connectivity index (χ3n) is 5.94. The molecule has 1 saturated carbocycles. The van der Waals surface area contributed by atoms with Gasteiger partial charge in [0.2, 0.25) is 5.91 Å². The van der Waals surface area contributed by atoms with Crippen LogP contribution >= 0.6 is 0 Å². The van der Waals surface area contributed by atoms with Crippen LogP contribution < -0.4 is 0 Å². The second-order valence-corrected chi connectivity index (χ2v) is 7.71. The van der Waals surface area contributed by atoms with Gasteiger partial charge in [-0.05, 0) is 43.5 Å². The van der Waals surface area contributed by atoms with Crippen LogP contribution in [0.5, 0.6) is 0 Å². The summed E-state index contributed by atoms with van der Waals surface area (Å²) in [6, 6.07) is 12.4. The van der Waals surface area contributed by atoms with Crippen LogP contribution in [0.15, 0.2) is 48.8 Å². The van der Waals surface area contributed by atoms with Gasteiger partial charge in [0.25, 0.3) is 0 Å². The molecule has 0 spiro atoms. The van der Waals surface area contributed by atoms with Crippen molar-refractivity contribution >= 4 is 5.91 Å². The number of fused-ring (bicyclic) bond motifs is 1. The van der Waals surface area contributed by atoms with Crippen molar-refractivity contribution in [1.29, 1.82) is 0 Å². The average Bonchev–Trinajstić information content (AvgIpc) is 3.43. The Labute approximate surface area is 159 Å². The van der Waals surface area contributed by atoms with E-state index in [-0.39, 0.29) is 5.92 Å². The summed E-state index contributed by atoms with van der Waals surface area (Å²) in [4.78, 5) is 14.9. The normalized spacial score (nSPS) is 16.9. The third-order valence-corrected chi connectivity index (χ3v) is 5.94. The molecule has 0 N–H and O–H groups in total. The van der Waals surface area contributed by atoms with Gasteiger partial charge < -0.3 is 9.47 Å². The van der Waals surface area contributed by atoms with Gasteiger partial charge in [-0.3, -0.25) is 4.79 Å². The van der Waals surface area contributed by atoms with Crippen molar-refractivity contribution in [2.75, 3.05) is 0 Å². The van der Waals surface area contributed by atoms with E-state index >= 15 is 0 Å². The first-order valence-corrected chi connectivity index (χ1v) is 9.81. The fourth-order valence-electron chi connectivity index (χ4n) is 4.50. The molecule has 0 atom stereocenters. The average molecular weight is 360 g/mol. The van der Waals surface area contributed by atoms with Gasteiger partial charge in [-0.25, -0.2) is 4.68 Å². The van der Waals surface area contributed by atoms with E-state index in [4.69, 9.17) is 5.10 Å². The number of nitrogens with zero attached hydrogens (tertiary/aromatic N) is 4. The Hall–Kier alpha value is -2.82. The number of amides is 1. The Morgan fingerprint density at radius 2 is 1.78 bits per heavy atom. The minimum absolute atomic E-state index is 0.215. The van der Waals surface area contributed by atoms with E-state index in [0.29, 0.717) is 19.0 Å². The van der Waals surface area contributed by atoms with E-state index in [9.17, 15) is 4.79 Å². The molecule has 0 unspecified atom stereocenters. The first-order chi connectivity index (χ1) is 13.2. The standard InChI is InChI=1S/C22H24N4O/c1-16-8-2-5-11-20(16)26-21(24-12-6-7-13-24)18-14-25(15-19(18)23-26)22(27)17-9-3-4-10-17/h2,5-8,11-13,17H,3-4,9-10,14-15H2,1H3. The summed E-state index contributed by atoms with van der Waals surface area (Å²) in [6.07, 6.45) is 8.55. The van der Waals surface area contributed by atoms with Crippen molar-refractivity contribution in [1.82, 2.24) is 19.2 Å². The summed E-state index contributed by atoms with van der Waals surface area (Å²) in [6.45, 7) is 3.39. The zero-order valence-corrected chi connectivity index (χ0v) is 15.6. The topological polar surface area (TPSA) is 43.1 Å². The maximum atomic E-state index is 12.9. The molecule has 1 amide bonds. The highest BCUT2D eigenvalue weighted by atomic mass is 16.2. The number of carbonyl (C=O) groups excluding carboxylic acids is 1. The first-order valence-electron chi connectivity index (χ1n) is 9.81. The number of carbonyl (C=O) groups is 1. The largest absolute Gasteiger partial charge is 0.332 e. The monoisotopic (exact) mass is 360 g/mol. The lowest BCUT2D eigenvalue weighted by atomic mass is 10.1. The summed E-state index contributed by atoms with van der Waals surface area (Å²) in [5.41, 5.74) is 4.46. The second-order valence-electron chi connectivity index (χ2n) is 7.71.